The summed E-state index contributed by atoms with van der Waals surface area (Å²) in [5, 5.41) is 11.5. The average molecular weight is 619 g/mol. The maximum Gasteiger partial charge on any atom is 0.295 e. The smallest absolute Gasteiger partial charge is 0.295 e. The average Bonchev–Trinajstić information content (AvgIpc) is 3.34. The molecule has 7 nitrogen and oxygen atoms in total. The second-order valence-corrected chi connectivity index (χ2v) is 11.5. The molecule has 0 aromatic heterocycles. The molecule has 0 saturated carbocycles. The molecule has 0 unspecified atom stereocenters. The number of nitrogens with zero attached hydrogens (tertiary/aromatic N) is 2. The Hall–Kier alpha value is -4.88. The Kier molecular flexibility index (Phi) is 10.9. The predicted octanol–water partition coefficient (Wildman–Crippen LogP) is 7.31. The number of aryl methyl sites for hydroxylation is 1. The number of likely N-dealkylation sites (tertiary alicyclic amines) is 1. The highest BCUT2D eigenvalue weighted by atomic mass is 16.5. The van der Waals surface area contributed by atoms with Crippen molar-refractivity contribution in [1.82, 2.24) is 9.80 Å². The van der Waals surface area contributed by atoms with E-state index in [4.69, 9.17) is 9.47 Å². The van der Waals surface area contributed by atoms with Crippen molar-refractivity contribution in [1.29, 1.82) is 0 Å². The number of hydrogen-bond acceptors (Lipinski definition) is 6. The summed E-state index contributed by atoms with van der Waals surface area (Å²) in [5.74, 6) is -0.184. The second kappa shape index (κ2) is 15.4. The fourth-order valence-corrected chi connectivity index (χ4v) is 5.66. The number of carbonyl (C=O) groups excluding carboxylic acids is 2. The summed E-state index contributed by atoms with van der Waals surface area (Å²) in [6.45, 7) is 10.1. The predicted molar refractivity (Wildman–Crippen MR) is 181 cm³/mol. The Morgan fingerprint density at radius 2 is 1.33 bits per heavy atom. The van der Waals surface area contributed by atoms with Crippen molar-refractivity contribution in [3.05, 3.63) is 137 Å². The van der Waals surface area contributed by atoms with E-state index < -0.39 is 17.7 Å². The van der Waals surface area contributed by atoms with Crippen LogP contribution in [0.1, 0.15) is 54.1 Å². The van der Waals surface area contributed by atoms with E-state index in [9.17, 15) is 14.7 Å². The zero-order valence-corrected chi connectivity index (χ0v) is 26.8. The van der Waals surface area contributed by atoms with E-state index >= 15 is 0 Å². The van der Waals surface area contributed by atoms with Gasteiger partial charge in [-0.3, -0.25) is 9.59 Å². The Balaban J connectivity index is 1.39. The molecule has 1 atom stereocenters. The van der Waals surface area contributed by atoms with Crippen molar-refractivity contribution >= 4 is 17.4 Å². The normalized spacial score (nSPS) is 15.8. The number of Topliss-reactive ketones (excluding diaryl/α,β-unsaturated/α-hetero) is 1. The van der Waals surface area contributed by atoms with Gasteiger partial charge < -0.3 is 24.4 Å². The summed E-state index contributed by atoms with van der Waals surface area (Å²) in [7, 11) is 0. The van der Waals surface area contributed by atoms with Crippen molar-refractivity contribution in [2.75, 3.05) is 26.2 Å². The minimum Gasteiger partial charge on any atom is -0.507 e. The van der Waals surface area contributed by atoms with Crippen LogP contribution < -0.4 is 9.47 Å². The molecule has 1 N–H and O–H groups in total. The largest absolute Gasteiger partial charge is 0.507 e. The molecule has 1 fully saturated rings. The van der Waals surface area contributed by atoms with Crippen LogP contribution in [0, 0.1) is 6.92 Å². The fourth-order valence-electron chi connectivity index (χ4n) is 5.66. The second-order valence-electron chi connectivity index (χ2n) is 11.5. The maximum atomic E-state index is 13.5. The number of ketones is 1. The van der Waals surface area contributed by atoms with Gasteiger partial charge in [-0.1, -0.05) is 86.1 Å². The highest BCUT2D eigenvalue weighted by Gasteiger charge is 2.45. The van der Waals surface area contributed by atoms with Crippen LogP contribution in [-0.4, -0.2) is 52.8 Å². The number of carbonyl (C=O) groups is 2. The summed E-state index contributed by atoms with van der Waals surface area (Å²) >= 11 is 0. The van der Waals surface area contributed by atoms with E-state index in [0.717, 1.165) is 36.3 Å². The lowest BCUT2D eigenvalue weighted by Gasteiger charge is -2.27. The van der Waals surface area contributed by atoms with Crippen molar-refractivity contribution < 1.29 is 24.2 Å². The van der Waals surface area contributed by atoms with Crippen molar-refractivity contribution in [2.45, 2.75) is 46.4 Å². The first-order valence-corrected chi connectivity index (χ1v) is 15.9. The van der Waals surface area contributed by atoms with Crippen LogP contribution in [0.4, 0.5) is 0 Å². The van der Waals surface area contributed by atoms with Crippen molar-refractivity contribution in [2.24, 2.45) is 0 Å². The number of amides is 1. The van der Waals surface area contributed by atoms with Gasteiger partial charge in [-0.05, 0) is 86.1 Å². The summed E-state index contributed by atoms with van der Waals surface area (Å²) < 4.78 is 11.9. The summed E-state index contributed by atoms with van der Waals surface area (Å²) in [5.41, 5.74) is 4.55. The van der Waals surface area contributed by atoms with Gasteiger partial charge in [0.05, 0.1) is 11.6 Å². The van der Waals surface area contributed by atoms with Crippen LogP contribution in [0.5, 0.6) is 11.5 Å². The first kappa shape index (κ1) is 32.5. The quantitative estimate of drug-likeness (QED) is 0.0908. The minimum absolute atomic E-state index is 0.0825. The highest BCUT2D eigenvalue weighted by Crippen LogP contribution is 2.40. The number of rotatable bonds is 14. The molecule has 4 aromatic rings. The van der Waals surface area contributed by atoms with Crippen LogP contribution in [0.25, 0.3) is 5.76 Å². The number of aliphatic hydroxyl groups is 1. The molecular weight excluding hydrogens is 576 g/mol. The van der Waals surface area contributed by atoms with Crippen LogP contribution in [0.15, 0.2) is 109 Å². The van der Waals surface area contributed by atoms with Gasteiger partial charge in [0.25, 0.3) is 11.7 Å². The molecule has 4 aromatic carbocycles. The molecule has 0 spiro atoms. The van der Waals surface area contributed by atoms with Crippen molar-refractivity contribution in [3.63, 3.8) is 0 Å². The molecule has 1 aliphatic heterocycles. The molecule has 1 heterocycles. The Morgan fingerprint density at radius 3 is 1.91 bits per heavy atom. The molecule has 0 aliphatic carbocycles. The third-order valence-corrected chi connectivity index (χ3v) is 8.41. The lowest BCUT2D eigenvalue weighted by molar-refractivity contribution is -0.140. The third-order valence-electron chi connectivity index (χ3n) is 8.41. The van der Waals surface area contributed by atoms with Gasteiger partial charge in [-0.2, -0.15) is 0 Å². The summed E-state index contributed by atoms with van der Waals surface area (Å²) in [6, 6.07) is 31.7. The Labute approximate surface area is 271 Å². The van der Waals surface area contributed by atoms with Crippen LogP contribution in [0.3, 0.4) is 0 Å². The van der Waals surface area contributed by atoms with Gasteiger partial charge >= 0.3 is 0 Å². The lowest BCUT2D eigenvalue weighted by Crippen LogP contribution is -2.33. The highest BCUT2D eigenvalue weighted by molar-refractivity contribution is 6.46. The van der Waals surface area contributed by atoms with E-state index in [2.05, 4.69) is 18.7 Å². The zero-order chi connectivity index (χ0) is 32.5. The van der Waals surface area contributed by atoms with E-state index in [1.54, 1.807) is 29.2 Å². The van der Waals surface area contributed by atoms with Gasteiger partial charge in [-0.25, -0.2) is 0 Å². The third kappa shape index (κ3) is 7.85. The molecule has 1 amide bonds. The van der Waals surface area contributed by atoms with Crippen LogP contribution in [0.2, 0.25) is 0 Å². The molecule has 0 bridgehead atoms. The fraction of sp³-hybridized carbons (Fsp3) is 0.282. The minimum atomic E-state index is -0.725. The SMILES string of the molecule is CCN(CC)CCCN1C(=O)C(=O)C(=C(O)c2ccc(OCc3ccc(C)cc3)cc2)[C@@H]1c1ccc(OCc2ccccc2)cc1. The first-order chi connectivity index (χ1) is 22.4. The molecule has 5 rings (SSSR count). The maximum absolute atomic E-state index is 13.5. The number of benzene rings is 4. The molecule has 7 heteroatoms. The lowest BCUT2D eigenvalue weighted by atomic mass is 9.95. The molecule has 1 aliphatic rings. The number of hydrogen-bond donors (Lipinski definition) is 1. The van der Waals surface area contributed by atoms with E-state index in [0.29, 0.717) is 43.2 Å². The Bertz CT molecular complexity index is 1630. The summed E-state index contributed by atoms with van der Waals surface area (Å²) in [6.07, 6.45) is 0.705. The van der Waals surface area contributed by atoms with Gasteiger partial charge in [0.15, 0.2) is 0 Å². The zero-order valence-electron chi connectivity index (χ0n) is 26.8. The molecule has 1 saturated heterocycles. The molecular formula is C39H42N2O5. The monoisotopic (exact) mass is 618 g/mol. The summed E-state index contributed by atoms with van der Waals surface area (Å²) in [4.78, 5) is 30.9. The Morgan fingerprint density at radius 1 is 0.761 bits per heavy atom. The van der Waals surface area contributed by atoms with E-state index in [1.165, 1.54) is 5.56 Å². The van der Waals surface area contributed by atoms with Gasteiger partial charge in [0.1, 0.15) is 30.5 Å². The first-order valence-electron chi connectivity index (χ1n) is 15.9. The van der Waals surface area contributed by atoms with Crippen LogP contribution >= 0.6 is 0 Å². The molecule has 46 heavy (non-hydrogen) atoms. The number of ether oxygens (including phenoxy) is 2. The van der Waals surface area contributed by atoms with Gasteiger partial charge in [-0.15, -0.1) is 0 Å². The molecule has 0 radical (unpaired) electrons. The van der Waals surface area contributed by atoms with Crippen molar-refractivity contribution in [3.8, 4) is 11.5 Å². The topological polar surface area (TPSA) is 79.3 Å². The number of aliphatic hydroxyl groups excluding tert-OH is 1. The van der Waals surface area contributed by atoms with E-state index in [1.807, 2.05) is 85.8 Å². The van der Waals surface area contributed by atoms with Crippen LogP contribution in [-0.2, 0) is 22.8 Å². The van der Waals surface area contributed by atoms with Gasteiger partial charge in [0, 0.05) is 12.1 Å². The van der Waals surface area contributed by atoms with Gasteiger partial charge in [0.2, 0.25) is 0 Å². The standard InChI is InChI=1S/C39H42N2O5/c1-4-40(5-2)24-9-25-41-36(31-16-20-33(21-17-31)45-26-29-10-7-6-8-11-29)35(38(43)39(41)44)37(42)32-18-22-34(23-19-32)46-27-30-14-12-28(3)13-15-30/h6-8,10-23,36,42H,4-5,9,24-27H2,1-3H3/t36-/m0/s1. The van der Waals surface area contributed by atoms with E-state index in [-0.39, 0.29) is 11.3 Å². The molecule has 238 valence electrons.